The van der Waals surface area contributed by atoms with Gasteiger partial charge in [0.15, 0.2) is 11.6 Å². The second kappa shape index (κ2) is 8.95. The summed E-state index contributed by atoms with van der Waals surface area (Å²) in [4.78, 5) is 30.6. The van der Waals surface area contributed by atoms with Crippen LogP contribution in [-0.4, -0.2) is 21.0 Å². The van der Waals surface area contributed by atoms with Crippen molar-refractivity contribution in [2.24, 2.45) is 0 Å². The van der Waals surface area contributed by atoms with Gasteiger partial charge in [-0.1, -0.05) is 24.6 Å². The number of carbonyl (C=O) groups excluding carboxylic acids is 1. The fourth-order valence-electron chi connectivity index (χ4n) is 4.67. The topological polar surface area (TPSA) is 77.1 Å². The lowest BCUT2D eigenvalue weighted by atomic mass is 10.0. The average Bonchev–Trinajstić information content (AvgIpc) is 3.15. The summed E-state index contributed by atoms with van der Waals surface area (Å²) in [6, 6.07) is 9.99. The molecule has 0 atom stereocenters. The number of halogens is 3. The minimum atomic E-state index is -1.21. The van der Waals surface area contributed by atoms with Crippen molar-refractivity contribution in [3.63, 3.8) is 0 Å². The summed E-state index contributed by atoms with van der Waals surface area (Å²) < 4.78 is 37.0. The van der Waals surface area contributed by atoms with Crippen LogP contribution in [0.3, 0.4) is 0 Å². The highest BCUT2D eigenvalue weighted by Crippen LogP contribution is 2.35. The molecule has 2 aromatic carbocycles. The van der Waals surface area contributed by atoms with Crippen LogP contribution in [0.5, 0.6) is 0 Å². The van der Waals surface area contributed by atoms with Crippen molar-refractivity contribution in [2.75, 3.05) is 0 Å². The molecule has 1 amide bonds. The van der Waals surface area contributed by atoms with Crippen molar-refractivity contribution in [1.82, 2.24) is 14.9 Å². The number of carbonyl (C=O) groups is 1. The molecule has 0 unspecified atom stereocenters. The van der Waals surface area contributed by atoms with Crippen LogP contribution in [0.2, 0.25) is 5.02 Å². The molecule has 0 aliphatic carbocycles. The van der Waals surface area contributed by atoms with Gasteiger partial charge in [0.1, 0.15) is 5.52 Å². The number of amides is 1. The molecule has 3 heterocycles. The summed E-state index contributed by atoms with van der Waals surface area (Å²) in [5.41, 5.74) is 0.160. The third kappa shape index (κ3) is 4.25. The Morgan fingerprint density at radius 1 is 1.16 bits per heavy atom. The van der Waals surface area contributed by atoms with Gasteiger partial charge in [0.25, 0.3) is 5.91 Å². The van der Waals surface area contributed by atoms with E-state index in [4.69, 9.17) is 16.0 Å². The standard InChI is InChI=1S/C28H24ClF2N3O3/c1-5-14-8-9-20-16(11-14)21-15-7-6-10-32-26(15)37-27(36)24(21)34(20)13-17-22(25(35)33-28(2,3)4)18(29)12-19(30)23(17)31/h6-12H,5,13H2,1-4H3,(H,33,35). The van der Waals surface area contributed by atoms with Crippen LogP contribution >= 0.6 is 11.6 Å². The summed E-state index contributed by atoms with van der Waals surface area (Å²) in [5, 5.41) is 4.47. The molecule has 0 spiro atoms. The number of benzene rings is 2. The maximum Gasteiger partial charge on any atom is 0.362 e. The summed E-state index contributed by atoms with van der Waals surface area (Å²) in [6.07, 6.45) is 2.28. The molecule has 5 aromatic rings. The quantitative estimate of drug-likeness (QED) is 0.278. The summed E-state index contributed by atoms with van der Waals surface area (Å²) in [6.45, 7) is 6.97. The van der Waals surface area contributed by atoms with Crippen LogP contribution in [0.1, 0.15) is 49.2 Å². The highest BCUT2D eigenvalue weighted by molar-refractivity contribution is 6.34. The van der Waals surface area contributed by atoms with Crippen LogP contribution < -0.4 is 10.9 Å². The Morgan fingerprint density at radius 3 is 2.62 bits per heavy atom. The van der Waals surface area contributed by atoms with Crippen LogP contribution in [0.25, 0.3) is 32.9 Å². The zero-order valence-electron chi connectivity index (χ0n) is 20.7. The van der Waals surface area contributed by atoms with Crippen molar-refractivity contribution >= 4 is 50.4 Å². The van der Waals surface area contributed by atoms with E-state index in [0.29, 0.717) is 16.3 Å². The molecule has 190 valence electrons. The molecule has 0 fully saturated rings. The van der Waals surface area contributed by atoms with Crippen LogP contribution in [0.4, 0.5) is 8.78 Å². The Morgan fingerprint density at radius 2 is 1.92 bits per heavy atom. The number of rotatable bonds is 4. The number of pyridine rings is 1. The molecule has 0 saturated carbocycles. The number of aryl methyl sites for hydroxylation is 1. The van der Waals surface area contributed by atoms with Crippen molar-refractivity contribution in [3.05, 3.63) is 86.4 Å². The minimum absolute atomic E-state index is 0.158. The third-order valence-electron chi connectivity index (χ3n) is 6.26. The molecule has 9 heteroatoms. The second-order valence-corrected chi connectivity index (χ2v) is 10.4. The SMILES string of the molecule is CCc1ccc2c(c1)c1c3cccnc3oc(=O)c1n2Cc1c(F)c(F)cc(Cl)c1C(=O)NC(C)(C)C. The maximum atomic E-state index is 15.4. The van der Waals surface area contributed by atoms with Gasteiger partial charge in [-0.25, -0.2) is 18.6 Å². The zero-order valence-corrected chi connectivity index (χ0v) is 21.5. The van der Waals surface area contributed by atoms with Gasteiger partial charge in [-0.05, 0) is 63.1 Å². The number of hydrogen-bond donors (Lipinski definition) is 1. The molecule has 0 aliphatic rings. The lowest BCUT2D eigenvalue weighted by Crippen LogP contribution is -2.41. The predicted molar refractivity (Wildman–Crippen MR) is 140 cm³/mol. The number of fused-ring (bicyclic) bond motifs is 5. The first-order valence-electron chi connectivity index (χ1n) is 11.8. The Labute approximate surface area is 215 Å². The van der Waals surface area contributed by atoms with E-state index in [1.54, 1.807) is 37.5 Å². The van der Waals surface area contributed by atoms with Crippen molar-refractivity contribution in [2.45, 2.75) is 46.2 Å². The van der Waals surface area contributed by atoms with Gasteiger partial charge >= 0.3 is 5.63 Å². The van der Waals surface area contributed by atoms with Gasteiger partial charge in [0, 0.05) is 39.0 Å². The Hall–Kier alpha value is -3.78. The molecular formula is C28H24ClF2N3O3. The molecule has 0 aliphatic heterocycles. The molecule has 1 N–H and O–H groups in total. The van der Waals surface area contributed by atoms with Gasteiger partial charge in [0.05, 0.1) is 17.1 Å². The molecule has 0 bridgehead atoms. The smallest absolute Gasteiger partial charge is 0.362 e. The van der Waals surface area contributed by atoms with Gasteiger partial charge in [-0.2, -0.15) is 0 Å². The fourth-order valence-corrected chi connectivity index (χ4v) is 4.97. The molecular weight excluding hydrogens is 500 g/mol. The van der Waals surface area contributed by atoms with Crippen LogP contribution in [0.15, 0.2) is 51.8 Å². The van der Waals surface area contributed by atoms with Gasteiger partial charge in [-0.3, -0.25) is 4.79 Å². The first kappa shape index (κ1) is 24.9. The van der Waals surface area contributed by atoms with E-state index in [9.17, 15) is 14.0 Å². The van der Waals surface area contributed by atoms with Gasteiger partial charge in [-0.15, -0.1) is 0 Å². The molecule has 0 saturated heterocycles. The number of nitrogens with zero attached hydrogens (tertiary/aromatic N) is 2. The highest BCUT2D eigenvalue weighted by atomic mass is 35.5. The average molecular weight is 524 g/mol. The van der Waals surface area contributed by atoms with E-state index in [-0.39, 0.29) is 33.9 Å². The van der Waals surface area contributed by atoms with E-state index in [2.05, 4.69) is 10.3 Å². The second-order valence-electron chi connectivity index (χ2n) is 9.97. The predicted octanol–water partition coefficient (Wildman–Crippen LogP) is 6.37. The van der Waals surface area contributed by atoms with Crippen molar-refractivity contribution in [1.29, 1.82) is 0 Å². The lowest BCUT2D eigenvalue weighted by molar-refractivity contribution is 0.0918. The number of nitrogens with one attached hydrogen (secondary N) is 1. The molecule has 37 heavy (non-hydrogen) atoms. The Balaban J connectivity index is 1.86. The monoisotopic (exact) mass is 523 g/mol. The van der Waals surface area contributed by atoms with E-state index < -0.39 is 28.7 Å². The number of aromatic nitrogens is 2. The van der Waals surface area contributed by atoms with Crippen LogP contribution in [-0.2, 0) is 13.0 Å². The van der Waals surface area contributed by atoms with Crippen LogP contribution in [0, 0.1) is 11.6 Å². The third-order valence-corrected chi connectivity index (χ3v) is 6.56. The zero-order chi connectivity index (χ0) is 26.6. The van der Waals surface area contributed by atoms with Gasteiger partial charge < -0.3 is 14.3 Å². The van der Waals surface area contributed by atoms with E-state index in [1.165, 1.54) is 6.20 Å². The fraction of sp³-hybridized carbons (Fsp3) is 0.250. The Kier molecular flexibility index (Phi) is 6.02. The lowest BCUT2D eigenvalue weighted by Gasteiger charge is -2.22. The highest BCUT2D eigenvalue weighted by Gasteiger charge is 2.28. The van der Waals surface area contributed by atoms with E-state index >= 15 is 4.39 Å². The largest absolute Gasteiger partial charge is 0.402 e. The normalized spacial score (nSPS) is 12.1. The summed E-state index contributed by atoms with van der Waals surface area (Å²) >= 11 is 6.29. The minimum Gasteiger partial charge on any atom is -0.402 e. The van der Waals surface area contributed by atoms with Crippen molar-refractivity contribution in [3.8, 4) is 0 Å². The van der Waals surface area contributed by atoms with Gasteiger partial charge in [0.2, 0.25) is 5.71 Å². The first-order chi connectivity index (χ1) is 17.5. The number of hydrogen-bond acceptors (Lipinski definition) is 4. The maximum absolute atomic E-state index is 15.4. The van der Waals surface area contributed by atoms with E-state index in [1.807, 2.05) is 25.1 Å². The van der Waals surface area contributed by atoms with E-state index in [0.717, 1.165) is 23.4 Å². The summed E-state index contributed by atoms with van der Waals surface area (Å²) in [7, 11) is 0. The molecule has 6 nitrogen and oxygen atoms in total. The molecule has 3 aromatic heterocycles. The summed E-state index contributed by atoms with van der Waals surface area (Å²) in [5.74, 6) is -3.05. The first-order valence-corrected chi connectivity index (χ1v) is 12.2. The Bertz CT molecular complexity index is 1780. The molecule has 0 radical (unpaired) electrons. The van der Waals surface area contributed by atoms with Crippen molar-refractivity contribution < 1.29 is 18.0 Å². The molecule has 5 rings (SSSR count).